The second-order valence-corrected chi connectivity index (χ2v) is 7.05. The first kappa shape index (κ1) is 16.1. The van der Waals surface area contributed by atoms with Crippen LogP contribution in [0.3, 0.4) is 0 Å². The molecule has 8 heteroatoms. The van der Waals surface area contributed by atoms with E-state index in [9.17, 15) is 9.18 Å². The third-order valence-corrected chi connectivity index (χ3v) is 4.76. The van der Waals surface area contributed by atoms with Crippen LogP contribution >= 0.6 is 11.3 Å². The number of halogens is 1. The van der Waals surface area contributed by atoms with Crippen molar-refractivity contribution in [3.63, 3.8) is 0 Å². The number of hydrogen-bond acceptors (Lipinski definition) is 5. The first-order chi connectivity index (χ1) is 11.1. The van der Waals surface area contributed by atoms with Crippen molar-refractivity contribution in [2.45, 2.75) is 32.9 Å². The molecule has 2 aromatic rings. The number of hydrogen-bond donors (Lipinski definition) is 1. The Hall–Kier alpha value is -1.80. The number of thiazole rings is 1. The average molecular weight is 337 g/mol. The van der Waals surface area contributed by atoms with E-state index < -0.39 is 0 Å². The van der Waals surface area contributed by atoms with Gasteiger partial charge in [0.1, 0.15) is 0 Å². The maximum absolute atomic E-state index is 13.0. The second-order valence-electron chi connectivity index (χ2n) is 5.94. The van der Waals surface area contributed by atoms with E-state index in [0.29, 0.717) is 11.0 Å². The van der Waals surface area contributed by atoms with Crippen molar-refractivity contribution >= 4 is 22.4 Å². The number of carbonyl (C=O) groups excluding carboxylic acids is 1. The molecule has 0 aliphatic carbocycles. The lowest BCUT2D eigenvalue weighted by atomic mass is 9.98. The minimum atomic E-state index is -0.284. The molecule has 1 unspecified atom stereocenters. The monoisotopic (exact) mass is 337 g/mol. The number of nitrogens with one attached hydrogen (secondary N) is 1. The van der Waals surface area contributed by atoms with Gasteiger partial charge in [0.05, 0.1) is 12.4 Å². The van der Waals surface area contributed by atoms with E-state index >= 15 is 0 Å². The van der Waals surface area contributed by atoms with Gasteiger partial charge in [0.2, 0.25) is 5.91 Å². The van der Waals surface area contributed by atoms with Crippen LogP contribution in [0.25, 0.3) is 0 Å². The topological polar surface area (TPSA) is 63.1 Å². The van der Waals surface area contributed by atoms with Gasteiger partial charge in [0.25, 0.3) is 0 Å². The van der Waals surface area contributed by atoms with Crippen LogP contribution in [0.4, 0.5) is 9.52 Å². The molecule has 1 aliphatic rings. The van der Waals surface area contributed by atoms with Crippen molar-refractivity contribution < 1.29 is 9.18 Å². The number of piperidine rings is 1. The summed E-state index contributed by atoms with van der Waals surface area (Å²) in [5.74, 6) is 0.0917. The quantitative estimate of drug-likeness (QED) is 0.910. The molecule has 3 heterocycles. The molecule has 23 heavy (non-hydrogen) atoms. The molecule has 0 saturated carbocycles. The van der Waals surface area contributed by atoms with Gasteiger partial charge < -0.3 is 5.32 Å². The fourth-order valence-electron chi connectivity index (χ4n) is 2.96. The molecule has 0 radical (unpaired) electrons. The zero-order valence-electron chi connectivity index (χ0n) is 13.0. The van der Waals surface area contributed by atoms with Gasteiger partial charge in [-0.3, -0.25) is 14.4 Å². The van der Waals surface area contributed by atoms with E-state index in [1.54, 1.807) is 4.68 Å². The van der Waals surface area contributed by atoms with Gasteiger partial charge in [-0.2, -0.15) is 5.10 Å². The number of nitrogens with zero attached hydrogens (tertiary/aromatic N) is 4. The summed E-state index contributed by atoms with van der Waals surface area (Å²) < 4.78 is 14.7. The number of rotatable bonds is 5. The van der Waals surface area contributed by atoms with E-state index in [1.807, 2.05) is 6.20 Å². The Kier molecular flexibility index (Phi) is 5.02. The molecule has 0 bridgehead atoms. The summed E-state index contributed by atoms with van der Waals surface area (Å²) in [5, 5.41) is 7.38. The lowest BCUT2D eigenvalue weighted by molar-refractivity contribution is -0.114. The summed E-state index contributed by atoms with van der Waals surface area (Å²) in [7, 11) is 0. The SMILES string of the molecule is CC(=O)Nc1ncc(CN2CCCC(Cn3cc(F)cn3)C2)s1. The smallest absolute Gasteiger partial charge is 0.223 e. The summed E-state index contributed by atoms with van der Waals surface area (Å²) in [4.78, 5) is 18.8. The van der Waals surface area contributed by atoms with Crippen molar-refractivity contribution in [1.29, 1.82) is 0 Å². The minimum absolute atomic E-state index is 0.101. The number of aromatic nitrogens is 3. The summed E-state index contributed by atoms with van der Waals surface area (Å²) >= 11 is 1.51. The highest BCUT2D eigenvalue weighted by Crippen LogP contribution is 2.24. The maximum Gasteiger partial charge on any atom is 0.223 e. The van der Waals surface area contributed by atoms with Crippen LogP contribution in [-0.2, 0) is 17.9 Å². The Morgan fingerprint density at radius 2 is 2.39 bits per heavy atom. The first-order valence-electron chi connectivity index (χ1n) is 7.71. The van der Waals surface area contributed by atoms with Gasteiger partial charge >= 0.3 is 0 Å². The van der Waals surface area contributed by atoms with Crippen molar-refractivity contribution in [2.24, 2.45) is 5.92 Å². The fraction of sp³-hybridized carbons (Fsp3) is 0.533. The molecule has 124 valence electrons. The normalized spacial score (nSPS) is 19.0. The van der Waals surface area contributed by atoms with Crippen LogP contribution in [0.2, 0.25) is 0 Å². The van der Waals surface area contributed by atoms with Gasteiger partial charge in [-0.1, -0.05) is 0 Å². The molecule has 2 aromatic heterocycles. The molecular formula is C15H20FN5OS. The van der Waals surface area contributed by atoms with E-state index in [4.69, 9.17) is 0 Å². The number of carbonyl (C=O) groups is 1. The first-order valence-corrected chi connectivity index (χ1v) is 8.53. The average Bonchev–Trinajstić information content (AvgIpc) is 3.08. The van der Waals surface area contributed by atoms with Gasteiger partial charge in [0.15, 0.2) is 10.9 Å². The van der Waals surface area contributed by atoms with Crippen molar-refractivity contribution in [1.82, 2.24) is 19.7 Å². The lowest BCUT2D eigenvalue weighted by Crippen LogP contribution is -2.36. The predicted octanol–water partition coefficient (Wildman–Crippen LogP) is 2.35. The lowest BCUT2D eigenvalue weighted by Gasteiger charge is -2.32. The van der Waals surface area contributed by atoms with E-state index in [2.05, 4.69) is 20.3 Å². The summed E-state index contributed by atoms with van der Waals surface area (Å²) in [6.45, 7) is 5.09. The van der Waals surface area contributed by atoms with Crippen LogP contribution in [0, 0.1) is 11.7 Å². The van der Waals surface area contributed by atoms with Crippen molar-refractivity contribution in [3.05, 3.63) is 29.3 Å². The van der Waals surface area contributed by atoms with E-state index in [1.165, 1.54) is 30.7 Å². The Balaban J connectivity index is 1.54. The molecular weight excluding hydrogens is 317 g/mol. The molecule has 1 aliphatic heterocycles. The van der Waals surface area contributed by atoms with Crippen LogP contribution in [0.15, 0.2) is 18.6 Å². The summed E-state index contributed by atoms with van der Waals surface area (Å²) in [6.07, 6.45) is 6.79. The van der Waals surface area contributed by atoms with E-state index in [0.717, 1.165) is 43.9 Å². The van der Waals surface area contributed by atoms with Gasteiger partial charge in [0, 0.05) is 37.6 Å². The molecule has 6 nitrogen and oxygen atoms in total. The van der Waals surface area contributed by atoms with Crippen molar-refractivity contribution in [3.8, 4) is 0 Å². The summed E-state index contributed by atoms with van der Waals surface area (Å²) in [6, 6.07) is 0. The van der Waals surface area contributed by atoms with Gasteiger partial charge in [-0.05, 0) is 25.3 Å². The predicted molar refractivity (Wildman–Crippen MR) is 86.6 cm³/mol. The minimum Gasteiger partial charge on any atom is -0.302 e. The highest BCUT2D eigenvalue weighted by Gasteiger charge is 2.21. The van der Waals surface area contributed by atoms with Gasteiger partial charge in [-0.25, -0.2) is 9.37 Å². The number of likely N-dealkylation sites (tertiary alicyclic amines) is 1. The fourth-order valence-corrected chi connectivity index (χ4v) is 3.86. The molecule has 1 amide bonds. The molecule has 1 atom stereocenters. The van der Waals surface area contributed by atoms with E-state index in [-0.39, 0.29) is 11.7 Å². The maximum atomic E-state index is 13.0. The third kappa shape index (κ3) is 4.59. The summed E-state index contributed by atoms with van der Waals surface area (Å²) in [5.41, 5.74) is 0. The molecule has 0 spiro atoms. The van der Waals surface area contributed by atoms with Crippen LogP contribution in [-0.4, -0.2) is 38.7 Å². The van der Waals surface area contributed by atoms with Crippen molar-refractivity contribution in [2.75, 3.05) is 18.4 Å². The molecule has 0 aromatic carbocycles. The Labute approximate surface area is 138 Å². The zero-order chi connectivity index (χ0) is 16.2. The van der Waals surface area contributed by atoms with Gasteiger partial charge in [-0.15, -0.1) is 11.3 Å². The standard InChI is InChI=1S/C15H20FN5OS/c1-11(22)19-15-17-6-14(23-15)10-20-4-2-3-12(7-20)8-21-9-13(16)5-18-21/h5-6,9,12H,2-4,7-8,10H2,1H3,(H,17,19,22). The Morgan fingerprint density at radius 1 is 1.52 bits per heavy atom. The van der Waals surface area contributed by atoms with Crippen LogP contribution < -0.4 is 5.32 Å². The van der Waals surface area contributed by atoms with Crippen LogP contribution in [0.1, 0.15) is 24.6 Å². The third-order valence-electron chi connectivity index (χ3n) is 3.87. The molecule has 1 saturated heterocycles. The molecule has 1 N–H and O–H groups in total. The Morgan fingerprint density at radius 3 is 3.13 bits per heavy atom. The second kappa shape index (κ2) is 7.18. The largest absolute Gasteiger partial charge is 0.302 e. The Bertz CT molecular complexity index is 670. The number of amides is 1. The number of anilines is 1. The zero-order valence-corrected chi connectivity index (χ0v) is 13.9. The molecule has 1 fully saturated rings. The highest BCUT2D eigenvalue weighted by molar-refractivity contribution is 7.15. The molecule has 3 rings (SSSR count). The highest BCUT2D eigenvalue weighted by atomic mass is 32.1. The van der Waals surface area contributed by atoms with Crippen LogP contribution in [0.5, 0.6) is 0 Å².